The molecule has 1 unspecified atom stereocenters. The van der Waals surface area contributed by atoms with Crippen LogP contribution in [0.3, 0.4) is 0 Å². The van der Waals surface area contributed by atoms with E-state index in [2.05, 4.69) is 29.4 Å². The number of ether oxygens (including phenoxy) is 3. The van der Waals surface area contributed by atoms with Gasteiger partial charge in [0.05, 0.1) is 12.7 Å². The van der Waals surface area contributed by atoms with Crippen molar-refractivity contribution < 1.29 is 27.8 Å². The summed E-state index contributed by atoms with van der Waals surface area (Å²) in [5.41, 5.74) is 0.282. The second-order valence-electron chi connectivity index (χ2n) is 4.61. The number of alkyl halides is 2. The van der Waals surface area contributed by atoms with E-state index in [9.17, 15) is 13.6 Å². The van der Waals surface area contributed by atoms with Crippen molar-refractivity contribution in [1.29, 1.82) is 0 Å². The van der Waals surface area contributed by atoms with E-state index in [0.29, 0.717) is 5.82 Å². The Kier molecular flexibility index (Phi) is 3.19. The number of carbonyl (C=O) groups excluding carboxylic acids is 1. The highest BCUT2D eigenvalue weighted by Crippen LogP contribution is 2.47. The van der Waals surface area contributed by atoms with Crippen molar-refractivity contribution in [3.63, 3.8) is 0 Å². The lowest BCUT2D eigenvalue weighted by Gasteiger charge is -2.15. The fourth-order valence-corrected chi connectivity index (χ4v) is 2.31. The molecule has 0 radical (unpaired) electrons. The van der Waals surface area contributed by atoms with Gasteiger partial charge in [0.15, 0.2) is 11.5 Å². The van der Waals surface area contributed by atoms with Crippen LogP contribution in [0.4, 0.5) is 8.78 Å². The molecule has 0 saturated heterocycles. The van der Waals surface area contributed by atoms with Gasteiger partial charge in [-0.3, -0.25) is 5.10 Å². The van der Waals surface area contributed by atoms with E-state index in [-0.39, 0.29) is 22.6 Å². The number of nitrogens with zero attached hydrogens (tertiary/aromatic N) is 2. The number of esters is 1. The standard InChI is InChI=1S/C13H11F2N3O4/c1-6(11-16-5-17-18-11)9-7(12(19)20-2)3-4-8-10(9)22-13(14,15)21-8/h3-6H,1-2H3,(H,16,17,18). The smallest absolute Gasteiger partial charge is 0.465 e. The van der Waals surface area contributed by atoms with E-state index in [4.69, 9.17) is 0 Å². The maximum atomic E-state index is 13.3. The highest BCUT2D eigenvalue weighted by atomic mass is 19.3. The molecule has 0 bridgehead atoms. The molecule has 0 saturated carbocycles. The lowest BCUT2D eigenvalue weighted by molar-refractivity contribution is -0.287. The summed E-state index contributed by atoms with van der Waals surface area (Å²) in [4.78, 5) is 15.9. The van der Waals surface area contributed by atoms with Gasteiger partial charge in [-0.15, -0.1) is 8.78 Å². The molecule has 0 spiro atoms. The topological polar surface area (TPSA) is 86.3 Å². The normalized spacial score (nSPS) is 16.4. The molecule has 0 fully saturated rings. The Hall–Kier alpha value is -2.71. The molecule has 3 rings (SSSR count). The Labute approximate surface area is 123 Å². The number of carbonyl (C=O) groups is 1. The van der Waals surface area contributed by atoms with Crippen LogP contribution in [0.25, 0.3) is 0 Å². The van der Waals surface area contributed by atoms with Crippen molar-refractivity contribution >= 4 is 5.97 Å². The van der Waals surface area contributed by atoms with Crippen LogP contribution < -0.4 is 9.47 Å². The van der Waals surface area contributed by atoms with Crippen LogP contribution >= 0.6 is 0 Å². The quantitative estimate of drug-likeness (QED) is 0.873. The van der Waals surface area contributed by atoms with Gasteiger partial charge < -0.3 is 14.2 Å². The molecule has 2 heterocycles. The predicted molar refractivity (Wildman–Crippen MR) is 67.9 cm³/mol. The molecule has 1 aliphatic heterocycles. The SMILES string of the molecule is COC(=O)c1ccc2c(c1C(C)c1ncn[nH]1)OC(F)(F)O2. The van der Waals surface area contributed by atoms with Crippen molar-refractivity contribution in [3.05, 3.63) is 35.4 Å². The number of methoxy groups -OCH3 is 1. The minimum absolute atomic E-state index is 0.0893. The first-order valence-corrected chi connectivity index (χ1v) is 6.29. The summed E-state index contributed by atoms with van der Waals surface area (Å²) in [6.45, 7) is 1.67. The van der Waals surface area contributed by atoms with Gasteiger partial charge in [0, 0.05) is 11.5 Å². The number of hydrogen-bond acceptors (Lipinski definition) is 6. The van der Waals surface area contributed by atoms with Gasteiger partial charge in [-0.1, -0.05) is 6.92 Å². The molecule has 7 nitrogen and oxygen atoms in total. The highest BCUT2D eigenvalue weighted by Gasteiger charge is 2.46. The van der Waals surface area contributed by atoms with Gasteiger partial charge in [-0.05, 0) is 12.1 Å². The van der Waals surface area contributed by atoms with E-state index in [0.717, 1.165) is 0 Å². The Morgan fingerprint density at radius 2 is 2.18 bits per heavy atom. The monoisotopic (exact) mass is 311 g/mol. The summed E-state index contributed by atoms with van der Waals surface area (Å²) in [6, 6.07) is 2.58. The number of rotatable bonds is 3. The number of nitrogens with one attached hydrogen (secondary N) is 1. The Bertz CT molecular complexity index is 718. The minimum atomic E-state index is -3.78. The van der Waals surface area contributed by atoms with Crippen molar-refractivity contribution in [2.45, 2.75) is 19.1 Å². The molecule has 2 aromatic rings. The van der Waals surface area contributed by atoms with Gasteiger partial charge >= 0.3 is 12.3 Å². The highest BCUT2D eigenvalue weighted by molar-refractivity contribution is 5.93. The molecular formula is C13H11F2N3O4. The Morgan fingerprint density at radius 3 is 2.82 bits per heavy atom. The van der Waals surface area contributed by atoms with Gasteiger partial charge in [0.1, 0.15) is 12.2 Å². The van der Waals surface area contributed by atoms with E-state index in [1.165, 1.54) is 25.6 Å². The van der Waals surface area contributed by atoms with Gasteiger partial charge in [0.25, 0.3) is 0 Å². The zero-order chi connectivity index (χ0) is 15.9. The van der Waals surface area contributed by atoms with Crippen LogP contribution in [0.5, 0.6) is 11.5 Å². The van der Waals surface area contributed by atoms with Gasteiger partial charge in [-0.25, -0.2) is 9.78 Å². The first-order valence-electron chi connectivity index (χ1n) is 6.29. The lowest BCUT2D eigenvalue weighted by atomic mass is 9.93. The van der Waals surface area contributed by atoms with Crippen molar-refractivity contribution in [2.75, 3.05) is 7.11 Å². The summed E-state index contributed by atoms with van der Waals surface area (Å²) in [5, 5.41) is 6.35. The van der Waals surface area contributed by atoms with Crippen LogP contribution in [0.1, 0.15) is 34.6 Å². The minimum Gasteiger partial charge on any atom is -0.465 e. The molecule has 116 valence electrons. The van der Waals surface area contributed by atoms with Crippen molar-refractivity contribution in [3.8, 4) is 11.5 Å². The summed E-state index contributed by atoms with van der Waals surface area (Å²) in [7, 11) is 1.20. The summed E-state index contributed by atoms with van der Waals surface area (Å²) in [5.74, 6) is -1.22. The number of benzene rings is 1. The van der Waals surface area contributed by atoms with Crippen LogP contribution in [0.15, 0.2) is 18.5 Å². The van der Waals surface area contributed by atoms with E-state index in [1.54, 1.807) is 6.92 Å². The van der Waals surface area contributed by atoms with E-state index in [1.807, 2.05) is 0 Å². The number of hydrogen-bond donors (Lipinski definition) is 1. The third kappa shape index (κ3) is 2.24. The summed E-state index contributed by atoms with van der Waals surface area (Å²) >= 11 is 0. The predicted octanol–water partition coefficient (Wildman–Crippen LogP) is 2.06. The maximum absolute atomic E-state index is 13.3. The molecule has 1 N–H and O–H groups in total. The first kappa shape index (κ1) is 14.2. The first-order chi connectivity index (χ1) is 10.4. The fraction of sp³-hybridized carbons (Fsp3) is 0.308. The molecule has 1 aromatic heterocycles. The lowest BCUT2D eigenvalue weighted by Crippen LogP contribution is -2.26. The molecule has 1 atom stereocenters. The number of halogens is 2. The maximum Gasteiger partial charge on any atom is 0.586 e. The largest absolute Gasteiger partial charge is 0.586 e. The van der Waals surface area contributed by atoms with Crippen molar-refractivity contribution in [1.82, 2.24) is 15.2 Å². The summed E-state index contributed by atoms with van der Waals surface area (Å²) < 4.78 is 40.3. The number of fused-ring (bicyclic) bond motifs is 1. The molecule has 9 heteroatoms. The zero-order valence-corrected chi connectivity index (χ0v) is 11.6. The average Bonchev–Trinajstić information content (AvgIpc) is 3.10. The van der Waals surface area contributed by atoms with E-state index >= 15 is 0 Å². The molecule has 22 heavy (non-hydrogen) atoms. The zero-order valence-electron chi connectivity index (χ0n) is 11.6. The number of aromatic nitrogens is 3. The Balaban J connectivity index is 2.17. The van der Waals surface area contributed by atoms with Crippen molar-refractivity contribution in [2.24, 2.45) is 0 Å². The Morgan fingerprint density at radius 1 is 1.41 bits per heavy atom. The van der Waals surface area contributed by atoms with Crippen LogP contribution in [0, 0.1) is 0 Å². The number of aromatic amines is 1. The second-order valence-corrected chi connectivity index (χ2v) is 4.61. The van der Waals surface area contributed by atoms with E-state index < -0.39 is 18.2 Å². The van der Waals surface area contributed by atoms with Gasteiger partial charge in [-0.2, -0.15) is 5.10 Å². The third-order valence-electron chi connectivity index (χ3n) is 3.29. The fourth-order valence-electron chi connectivity index (χ4n) is 2.31. The molecule has 1 aromatic carbocycles. The van der Waals surface area contributed by atoms with Crippen LogP contribution in [-0.4, -0.2) is 34.6 Å². The molecule has 0 aliphatic carbocycles. The number of H-pyrrole nitrogens is 1. The van der Waals surface area contributed by atoms with Gasteiger partial charge in [0.2, 0.25) is 0 Å². The second kappa shape index (κ2) is 4.93. The summed E-state index contributed by atoms with van der Waals surface area (Å²) in [6.07, 6.45) is -2.51. The van der Waals surface area contributed by atoms with Crippen LogP contribution in [-0.2, 0) is 4.74 Å². The third-order valence-corrected chi connectivity index (χ3v) is 3.29. The molecule has 1 aliphatic rings. The van der Waals surface area contributed by atoms with Crippen LogP contribution in [0.2, 0.25) is 0 Å². The average molecular weight is 311 g/mol. The molecular weight excluding hydrogens is 300 g/mol. The molecule has 0 amide bonds.